The van der Waals surface area contributed by atoms with E-state index < -0.39 is 11.9 Å². The smallest absolute Gasteiger partial charge is 0.241 e. The van der Waals surface area contributed by atoms with E-state index in [0.29, 0.717) is 11.3 Å². The number of rotatable bonds is 8. The van der Waals surface area contributed by atoms with Gasteiger partial charge in [-0.15, -0.1) is 4.91 Å². The standard InChI is InChI=1S/C17H18FN3O3/c1-12(17(19)22)21(20-23)10-13-6-8-15(9-7-13)24-11-14-4-2-3-5-16(14)18/h2-9,12H,10-11H2,1H3,(H2,19,22). The molecule has 0 aliphatic carbocycles. The van der Waals surface area contributed by atoms with Gasteiger partial charge in [0.15, 0.2) is 0 Å². The zero-order valence-corrected chi connectivity index (χ0v) is 13.2. The van der Waals surface area contributed by atoms with E-state index in [1.54, 1.807) is 42.5 Å². The maximum atomic E-state index is 13.5. The summed E-state index contributed by atoms with van der Waals surface area (Å²) in [4.78, 5) is 21.9. The van der Waals surface area contributed by atoms with Gasteiger partial charge in [0.2, 0.25) is 5.91 Å². The largest absolute Gasteiger partial charge is 0.489 e. The SMILES string of the molecule is CC(C(N)=O)N(Cc1ccc(OCc2ccccc2F)cc1)N=O. The number of nitroso groups, excluding NO2 is 1. The normalized spacial score (nSPS) is 11.6. The van der Waals surface area contributed by atoms with E-state index in [9.17, 15) is 14.1 Å². The van der Waals surface area contributed by atoms with E-state index in [0.717, 1.165) is 10.6 Å². The van der Waals surface area contributed by atoms with Gasteiger partial charge in [-0.3, -0.25) is 4.79 Å². The van der Waals surface area contributed by atoms with Crippen LogP contribution in [-0.4, -0.2) is 17.0 Å². The Bertz CT molecular complexity index is 706. The summed E-state index contributed by atoms with van der Waals surface area (Å²) in [6.45, 7) is 1.78. The lowest BCUT2D eigenvalue weighted by Gasteiger charge is -2.20. The highest BCUT2D eigenvalue weighted by molar-refractivity contribution is 5.79. The molecule has 0 heterocycles. The average molecular weight is 331 g/mol. The van der Waals surface area contributed by atoms with Crippen LogP contribution in [-0.2, 0) is 17.9 Å². The van der Waals surface area contributed by atoms with Gasteiger partial charge in [-0.25, -0.2) is 9.40 Å². The first kappa shape index (κ1) is 17.4. The molecule has 1 atom stereocenters. The van der Waals surface area contributed by atoms with Crippen molar-refractivity contribution in [3.63, 3.8) is 0 Å². The van der Waals surface area contributed by atoms with E-state index in [4.69, 9.17) is 10.5 Å². The van der Waals surface area contributed by atoms with E-state index in [-0.39, 0.29) is 19.0 Å². The molecule has 0 aliphatic rings. The lowest BCUT2D eigenvalue weighted by molar-refractivity contribution is -0.122. The number of nitrogens with zero attached hydrogens (tertiary/aromatic N) is 2. The maximum absolute atomic E-state index is 13.5. The van der Waals surface area contributed by atoms with E-state index in [2.05, 4.69) is 5.29 Å². The molecular weight excluding hydrogens is 313 g/mol. The number of nitrogens with two attached hydrogens (primary N) is 1. The summed E-state index contributed by atoms with van der Waals surface area (Å²) in [6, 6.07) is 12.5. The van der Waals surface area contributed by atoms with E-state index in [1.807, 2.05) is 0 Å². The molecule has 24 heavy (non-hydrogen) atoms. The molecule has 0 saturated carbocycles. The third kappa shape index (κ3) is 4.52. The van der Waals surface area contributed by atoms with Crippen molar-refractivity contribution in [2.75, 3.05) is 0 Å². The van der Waals surface area contributed by atoms with Crippen molar-refractivity contribution >= 4 is 5.91 Å². The number of ether oxygens (including phenoxy) is 1. The topological polar surface area (TPSA) is 85.0 Å². The van der Waals surface area contributed by atoms with Gasteiger partial charge >= 0.3 is 0 Å². The summed E-state index contributed by atoms with van der Waals surface area (Å²) in [5, 5.41) is 3.89. The van der Waals surface area contributed by atoms with Crippen molar-refractivity contribution in [3.8, 4) is 5.75 Å². The predicted molar refractivity (Wildman–Crippen MR) is 87.2 cm³/mol. The Balaban J connectivity index is 1.96. The van der Waals surface area contributed by atoms with Crippen molar-refractivity contribution in [2.45, 2.75) is 26.1 Å². The summed E-state index contributed by atoms with van der Waals surface area (Å²) >= 11 is 0. The van der Waals surface area contributed by atoms with Crippen LogP contribution in [0.2, 0.25) is 0 Å². The highest BCUT2D eigenvalue weighted by Gasteiger charge is 2.18. The second-order valence-electron chi connectivity index (χ2n) is 5.28. The number of primary amides is 1. The first-order valence-corrected chi connectivity index (χ1v) is 7.35. The molecule has 0 fully saturated rings. The van der Waals surface area contributed by atoms with Crippen LogP contribution in [0.5, 0.6) is 5.75 Å². The minimum Gasteiger partial charge on any atom is -0.489 e. The molecule has 1 amide bonds. The summed E-state index contributed by atoms with van der Waals surface area (Å²) < 4.78 is 19.0. The number of carbonyl (C=O) groups excluding carboxylic acids is 1. The Morgan fingerprint density at radius 1 is 1.25 bits per heavy atom. The summed E-state index contributed by atoms with van der Waals surface area (Å²) in [5.74, 6) is -0.378. The summed E-state index contributed by atoms with van der Waals surface area (Å²) in [6.07, 6.45) is 0. The van der Waals surface area contributed by atoms with Gasteiger partial charge < -0.3 is 10.5 Å². The van der Waals surface area contributed by atoms with Crippen molar-refractivity contribution in [1.82, 2.24) is 5.01 Å². The van der Waals surface area contributed by atoms with Gasteiger partial charge in [0, 0.05) is 5.56 Å². The van der Waals surface area contributed by atoms with Gasteiger partial charge in [-0.2, -0.15) is 0 Å². The molecule has 7 heteroatoms. The Morgan fingerprint density at radius 3 is 2.50 bits per heavy atom. The minimum absolute atomic E-state index is 0.118. The highest BCUT2D eigenvalue weighted by atomic mass is 19.1. The van der Waals surface area contributed by atoms with Crippen LogP contribution in [0.3, 0.4) is 0 Å². The number of carbonyl (C=O) groups is 1. The molecule has 0 bridgehead atoms. The number of halogens is 1. The number of hydrogen-bond acceptors (Lipinski definition) is 4. The van der Waals surface area contributed by atoms with Crippen molar-refractivity contribution in [1.29, 1.82) is 0 Å². The molecule has 0 aromatic heterocycles. The third-order valence-corrected chi connectivity index (χ3v) is 3.58. The maximum Gasteiger partial charge on any atom is 0.241 e. The van der Waals surface area contributed by atoms with Crippen molar-refractivity contribution in [2.24, 2.45) is 11.0 Å². The molecule has 1 unspecified atom stereocenters. The molecule has 2 aromatic rings. The minimum atomic E-state index is -0.792. The van der Waals surface area contributed by atoms with Crippen molar-refractivity contribution < 1.29 is 13.9 Å². The van der Waals surface area contributed by atoms with Gasteiger partial charge in [0.1, 0.15) is 24.2 Å². The molecular formula is C17H18FN3O3. The summed E-state index contributed by atoms with van der Waals surface area (Å²) in [5.41, 5.74) is 6.40. The van der Waals surface area contributed by atoms with Crippen LogP contribution < -0.4 is 10.5 Å². The molecule has 2 N–H and O–H groups in total. The number of hydrogen-bond donors (Lipinski definition) is 1. The van der Waals surface area contributed by atoms with Crippen LogP contribution in [0, 0.1) is 10.7 Å². The lowest BCUT2D eigenvalue weighted by atomic mass is 10.2. The molecule has 2 rings (SSSR count). The fourth-order valence-corrected chi connectivity index (χ4v) is 2.04. The zero-order valence-electron chi connectivity index (χ0n) is 13.2. The molecule has 0 aliphatic heterocycles. The molecule has 6 nitrogen and oxygen atoms in total. The zero-order chi connectivity index (χ0) is 17.5. The lowest BCUT2D eigenvalue weighted by Crippen LogP contribution is -2.38. The van der Waals surface area contributed by atoms with Gasteiger partial charge in [0.25, 0.3) is 0 Å². The van der Waals surface area contributed by atoms with Gasteiger partial charge in [-0.1, -0.05) is 30.3 Å². The monoisotopic (exact) mass is 331 g/mol. The average Bonchev–Trinajstić information content (AvgIpc) is 2.59. The molecule has 0 saturated heterocycles. The van der Waals surface area contributed by atoms with Gasteiger partial charge in [-0.05, 0) is 30.7 Å². The quantitative estimate of drug-likeness (QED) is 0.595. The van der Waals surface area contributed by atoms with Crippen LogP contribution >= 0.6 is 0 Å². The van der Waals surface area contributed by atoms with Crippen LogP contribution in [0.1, 0.15) is 18.1 Å². The predicted octanol–water partition coefficient (Wildman–Crippen LogP) is 2.76. The van der Waals surface area contributed by atoms with Crippen LogP contribution in [0.15, 0.2) is 53.8 Å². The Kier molecular flexibility index (Phi) is 5.83. The van der Waals surface area contributed by atoms with E-state index in [1.165, 1.54) is 13.0 Å². The van der Waals surface area contributed by atoms with E-state index >= 15 is 0 Å². The molecule has 2 aromatic carbocycles. The molecule has 126 valence electrons. The second kappa shape index (κ2) is 8.05. The summed E-state index contributed by atoms with van der Waals surface area (Å²) in [7, 11) is 0. The molecule has 0 spiro atoms. The Hall–Kier alpha value is -2.96. The Labute approximate surface area is 139 Å². The number of benzene rings is 2. The first-order valence-electron chi connectivity index (χ1n) is 7.35. The third-order valence-electron chi connectivity index (χ3n) is 3.58. The first-order chi connectivity index (χ1) is 11.5. The Morgan fingerprint density at radius 2 is 1.92 bits per heavy atom. The highest BCUT2D eigenvalue weighted by Crippen LogP contribution is 2.17. The van der Waals surface area contributed by atoms with Crippen molar-refractivity contribution in [3.05, 3.63) is 70.4 Å². The number of amides is 1. The van der Waals surface area contributed by atoms with Gasteiger partial charge in [0.05, 0.1) is 11.8 Å². The van der Waals surface area contributed by atoms with Crippen LogP contribution in [0.4, 0.5) is 4.39 Å². The molecule has 0 radical (unpaired) electrons. The fourth-order valence-electron chi connectivity index (χ4n) is 2.04. The fraction of sp³-hybridized carbons (Fsp3) is 0.235. The van der Waals surface area contributed by atoms with Crippen LogP contribution in [0.25, 0.3) is 0 Å². The second-order valence-corrected chi connectivity index (χ2v) is 5.28.